The van der Waals surface area contributed by atoms with Crippen LogP contribution in [-0.4, -0.2) is 0 Å². The third-order valence-electron chi connectivity index (χ3n) is 2.26. The summed E-state index contributed by atoms with van der Waals surface area (Å²) in [6.45, 7) is 2.65. The van der Waals surface area contributed by atoms with Gasteiger partial charge in [0.15, 0.2) is 0 Å². The molecule has 0 heterocycles. The summed E-state index contributed by atoms with van der Waals surface area (Å²) in [5.74, 6) is 0.946. The van der Waals surface area contributed by atoms with Gasteiger partial charge in [-0.15, -0.1) is 5.56 Å². The van der Waals surface area contributed by atoms with Crippen LogP contribution < -0.4 is 4.74 Å². The van der Waals surface area contributed by atoms with Gasteiger partial charge in [-0.1, -0.05) is 18.2 Å². The molecule has 0 saturated heterocycles. The Kier molecular flexibility index (Phi) is 6.92. The number of benzene rings is 2. The van der Waals surface area contributed by atoms with Crippen molar-refractivity contribution in [1.29, 1.82) is 0 Å². The first kappa shape index (κ1) is 14.2. The van der Waals surface area contributed by atoms with E-state index in [1.54, 1.807) is 0 Å². The molecule has 2 aromatic carbocycles. The molecule has 0 unspecified atom stereocenters. The first-order valence-corrected chi connectivity index (χ1v) is 9.16. The number of para-hydroxylation sites is 1. The Labute approximate surface area is 116 Å². The first-order valence-electron chi connectivity index (χ1n) is 5.26. The molecule has 3 heteroatoms. The van der Waals surface area contributed by atoms with E-state index in [0.717, 1.165) is 34.2 Å². The number of halogens is 1. The van der Waals surface area contributed by atoms with E-state index in [0.29, 0.717) is 6.61 Å². The zero-order chi connectivity index (χ0) is 12.5. The molecule has 2 aromatic rings. The minimum absolute atomic E-state index is 0.599. The predicted octanol–water partition coefficient (Wildman–Crippen LogP) is 4.06. The maximum atomic E-state index is 5.70. The van der Waals surface area contributed by atoms with Gasteiger partial charge in [-0.05, 0) is 18.6 Å². The zero-order valence-electron chi connectivity index (χ0n) is 9.82. The van der Waals surface area contributed by atoms with Crippen LogP contribution in [0.25, 0.3) is 0 Å². The van der Waals surface area contributed by atoms with E-state index < -0.39 is 0 Å². The Bertz CT molecular complexity index is 431. The second-order valence-corrected chi connectivity index (χ2v) is 3.47. The zero-order valence-corrected chi connectivity index (χ0v) is 13.5. The molecular formula is C14H13ClOZn. The van der Waals surface area contributed by atoms with Crippen LogP contribution in [0.1, 0.15) is 11.1 Å². The van der Waals surface area contributed by atoms with E-state index >= 15 is 0 Å². The molecule has 0 aliphatic rings. The number of hydrogen-bond donors (Lipinski definition) is 0. The fourth-order valence-corrected chi connectivity index (χ4v) is 1.40. The van der Waals surface area contributed by atoms with Crippen LogP contribution in [0.2, 0.25) is 0 Å². The molecule has 17 heavy (non-hydrogen) atoms. The standard InChI is InChI=1S/C14H13O.ClH.Zn/c1-12-7-5-6-10-14(12)15-11-13-8-3-2-4-9-13;;/h2-3,5-10H,11H2,1H3;1H;/q-1;;+2/p-1. The van der Waals surface area contributed by atoms with Crippen LogP contribution >= 0.6 is 9.69 Å². The van der Waals surface area contributed by atoms with E-state index in [-0.39, 0.29) is 0 Å². The van der Waals surface area contributed by atoms with Crippen LogP contribution in [0, 0.1) is 13.0 Å². The molecule has 84 valence electrons. The van der Waals surface area contributed by atoms with Gasteiger partial charge < -0.3 is 4.74 Å². The van der Waals surface area contributed by atoms with Gasteiger partial charge in [0.05, 0.1) is 6.61 Å². The summed E-state index contributed by atoms with van der Waals surface area (Å²) >= 11 is 0.847. The van der Waals surface area contributed by atoms with Gasteiger partial charge in [-0.25, -0.2) is 0 Å². The second-order valence-electron chi connectivity index (χ2n) is 3.47. The van der Waals surface area contributed by atoms with Crippen molar-refractivity contribution in [2.45, 2.75) is 13.5 Å². The fraction of sp³-hybridized carbons (Fsp3) is 0.143. The summed E-state index contributed by atoms with van der Waals surface area (Å²) in [5, 5.41) is 0. The van der Waals surface area contributed by atoms with E-state index in [9.17, 15) is 0 Å². The van der Waals surface area contributed by atoms with Crippen molar-refractivity contribution in [2.75, 3.05) is 0 Å². The second kappa shape index (κ2) is 8.27. The molecule has 0 aromatic heterocycles. The minimum atomic E-state index is 0.599. The summed E-state index contributed by atoms with van der Waals surface area (Å²) in [5.41, 5.74) is 2.30. The molecule has 0 N–H and O–H groups in total. The van der Waals surface area contributed by atoms with E-state index in [1.165, 1.54) is 0 Å². The van der Waals surface area contributed by atoms with Crippen molar-refractivity contribution in [1.82, 2.24) is 0 Å². The van der Waals surface area contributed by atoms with Gasteiger partial charge in [-0.3, -0.25) is 0 Å². The van der Waals surface area contributed by atoms with Crippen LogP contribution in [0.3, 0.4) is 0 Å². The monoisotopic (exact) mass is 296 g/mol. The Morgan fingerprint density at radius 3 is 2.59 bits per heavy atom. The van der Waals surface area contributed by atoms with Gasteiger partial charge >= 0.3 is 27.0 Å². The summed E-state index contributed by atoms with van der Waals surface area (Å²) in [7, 11) is 4.76. The van der Waals surface area contributed by atoms with Crippen molar-refractivity contribution >= 4 is 9.69 Å². The quantitative estimate of drug-likeness (QED) is 0.613. The molecule has 0 amide bonds. The molecule has 0 fully saturated rings. The Morgan fingerprint density at radius 1 is 1.18 bits per heavy atom. The van der Waals surface area contributed by atoms with E-state index in [4.69, 9.17) is 14.4 Å². The molecule has 0 radical (unpaired) electrons. The first-order chi connectivity index (χ1) is 8.36. The molecular weight excluding hydrogens is 285 g/mol. The molecule has 2 rings (SSSR count). The molecule has 0 spiro atoms. The molecule has 0 aliphatic carbocycles. The average Bonchev–Trinajstić information content (AvgIpc) is 2.41. The SMILES string of the molecule is Cc1ccccc1OCc1c[c-]ccc1.[Cl][Zn+]. The number of hydrogen-bond acceptors (Lipinski definition) is 1. The van der Waals surface area contributed by atoms with Crippen molar-refractivity contribution in [2.24, 2.45) is 0 Å². The average molecular weight is 298 g/mol. The summed E-state index contributed by atoms with van der Waals surface area (Å²) < 4.78 is 5.70. The Morgan fingerprint density at radius 2 is 1.94 bits per heavy atom. The van der Waals surface area contributed by atoms with Gasteiger partial charge in [0.25, 0.3) is 0 Å². The van der Waals surface area contributed by atoms with Crippen LogP contribution in [0.15, 0.2) is 48.5 Å². The topological polar surface area (TPSA) is 9.23 Å². The van der Waals surface area contributed by atoms with Crippen molar-refractivity contribution in [3.63, 3.8) is 0 Å². The molecule has 0 saturated carbocycles. The van der Waals surface area contributed by atoms with Gasteiger partial charge in [0.1, 0.15) is 5.75 Å². The van der Waals surface area contributed by atoms with Crippen molar-refractivity contribution in [3.8, 4) is 5.75 Å². The molecule has 0 atom stereocenters. The summed E-state index contributed by atoms with van der Waals surface area (Å²) in [6.07, 6.45) is 0. The Hall–Kier alpha value is -0.847. The fourth-order valence-electron chi connectivity index (χ4n) is 1.40. The molecule has 0 bridgehead atoms. The normalized spacial score (nSPS) is 9.18. The van der Waals surface area contributed by atoms with Crippen molar-refractivity contribution in [3.05, 3.63) is 65.7 Å². The third kappa shape index (κ3) is 4.89. The van der Waals surface area contributed by atoms with Crippen LogP contribution in [-0.2, 0) is 23.9 Å². The summed E-state index contributed by atoms with van der Waals surface area (Å²) in [4.78, 5) is 0. The van der Waals surface area contributed by atoms with E-state index in [1.807, 2.05) is 55.5 Å². The number of rotatable bonds is 3. The van der Waals surface area contributed by atoms with Gasteiger partial charge in [-0.2, -0.15) is 30.3 Å². The van der Waals surface area contributed by atoms with E-state index in [2.05, 4.69) is 6.07 Å². The molecule has 0 aliphatic heterocycles. The van der Waals surface area contributed by atoms with Gasteiger partial charge in [0.2, 0.25) is 0 Å². The third-order valence-corrected chi connectivity index (χ3v) is 2.26. The summed E-state index contributed by atoms with van der Waals surface area (Å²) in [6, 6.07) is 18.9. The van der Waals surface area contributed by atoms with Crippen molar-refractivity contribution < 1.29 is 22.0 Å². The van der Waals surface area contributed by atoms with Crippen LogP contribution in [0.4, 0.5) is 0 Å². The predicted molar refractivity (Wildman–Crippen MR) is 66.6 cm³/mol. The Balaban J connectivity index is 0.000000686. The van der Waals surface area contributed by atoms with Gasteiger partial charge in [0, 0.05) is 0 Å². The molecule has 1 nitrogen and oxygen atoms in total. The van der Waals surface area contributed by atoms with Crippen LogP contribution in [0.5, 0.6) is 5.75 Å². The number of aryl methyl sites for hydroxylation is 1. The maximum absolute atomic E-state index is 5.70. The number of ether oxygens (including phenoxy) is 1.